The third kappa shape index (κ3) is 4.19. The SMILES string of the molecule is O=C(Nc1ccc(Nc2cc(-n3ccnc3)ncn2)cc1)c1cnn(-c2ccccc2)n1. The number of amides is 1. The van der Waals surface area contributed by atoms with Gasteiger partial charge in [0.25, 0.3) is 5.91 Å². The fourth-order valence-electron chi connectivity index (χ4n) is 2.98. The van der Waals surface area contributed by atoms with Gasteiger partial charge in [-0.15, -0.1) is 5.10 Å². The molecule has 0 aliphatic carbocycles. The smallest absolute Gasteiger partial charge is 0.277 e. The molecule has 0 atom stereocenters. The Morgan fingerprint density at radius 1 is 0.938 bits per heavy atom. The first-order valence-corrected chi connectivity index (χ1v) is 9.71. The number of imidazole rings is 1. The molecule has 0 unspecified atom stereocenters. The van der Waals surface area contributed by atoms with Gasteiger partial charge in [0.2, 0.25) is 0 Å². The highest BCUT2D eigenvalue weighted by atomic mass is 16.2. The molecule has 10 nitrogen and oxygen atoms in total. The van der Waals surface area contributed by atoms with E-state index >= 15 is 0 Å². The van der Waals surface area contributed by atoms with Crippen LogP contribution in [0.4, 0.5) is 17.2 Å². The average Bonchev–Trinajstić information content (AvgIpc) is 3.54. The van der Waals surface area contributed by atoms with Crippen LogP contribution in [0.3, 0.4) is 0 Å². The zero-order chi connectivity index (χ0) is 21.8. The Hall–Kier alpha value is -4.86. The lowest BCUT2D eigenvalue weighted by molar-refractivity contribution is 0.102. The molecular weight excluding hydrogens is 406 g/mol. The molecule has 2 N–H and O–H groups in total. The van der Waals surface area contributed by atoms with Crippen LogP contribution in [0.5, 0.6) is 0 Å². The third-order valence-electron chi connectivity index (χ3n) is 4.55. The van der Waals surface area contributed by atoms with E-state index in [1.165, 1.54) is 17.3 Å². The van der Waals surface area contributed by atoms with Gasteiger partial charge in [-0.1, -0.05) is 18.2 Å². The predicted molar refractivity (Wildman–Crippen MR) is 118 cm³/mol. The summed E-state index contributed by atoms with van der Waals surface area (Å²) in [5.74, 6) is 0.999. The maximum Gasteiger partial charge on any atom is 0.277 e. The van der Waals surface area contributed by atoms with E-state index in [2.05, 4.69) is 35.8 Å². The summed E-state index contributed by atoms with van der Waals surface area (Å²) in [5.41, 5.74) is 2.46. The molecule has 0 fully saturated rings. The highest BCUT2D eigenvalue weighted by Crippen LogP contribution is 2.19. The van der Waals surface area contributed by atoms with Crippen molar-refractivity contribution in [3.63, 3.8) is 0 Å². The Labute approximate surface area is 182 Å². The minimum Gasteiger partial charge on any atom is -0.340 e. The molecule has 0 radical (unpaired) electrons. The number of rotatable bonds is 6. The summed E-state index contributed by atoms with van der Waals surface area (Å²) in [6.45, 7) is 0. The third-order valence-corrected chi connectivity index (χ3v) is 4.55. The number of carbonyl (C=O) groups excluding carboxylic acids is 1. The van der Waals surface area contributed by atoms with Crippen molar-refractivity contribution in [2.24, 2.45) is 0 Å². The Balaban J connectivity index is 1.24. The minimum absolute atomic E-state index is 0.226. The summed E-state index contributed by atoms with van der Waals surface area (Å²) in [6.07, 6.45) is 8.08. The highest BCUT2D eigenvalue weighted by molar-refractivity contribution is 6.02. The Kier molecular flexibility index (Phi) is 5.07. The molecule has 5 rings (SSSR count). The lowest BCUT2D eigenvalue weighted by Crippen LogP contribution is -2.13. The lowest BCUT2D eigenvalue weighted by atomic mass is 10.2. The van der Waals surface area contributed by atoms with E-state index in [0.29, 0.717) is 17.3 Å². The molecule has 0 bridgehead atoms. The van der Waals surface area contributed by atoms with E-state index in [4.69, 9.17) is 0 Å². The van der Waals surface area contributed by atoms with Gasteiger partial charge in [-0.3, -0.25) is 9.36 Å². The topological polar surface area (TPSA) is 115 Å². The molecule has 1 amide bonds. The standard InChI is InChI=1S/C22H17N9O/c32-22(19-13-26-31(29-19)18-4-2-1-3-5-18)28-17-8-6-16(7-9-17)27-20-12-21(25-14-24-20)30-11-10-23-15-30/h1-15H,(H,28,32)(H,24,25,27). The van der Waals surface area contributed by atoms with E-state index in [1.54, 1.807) is 29.2 Å². The number of hydrogen-bond acceptors (Lipinski definition) is 7. The maximum atomic E-state index is 12.5. The van der Waals surface area contributed by atoms with E-state index in [0.717, 1.165) is 11.4 Å². The van der Waals surface area contributed by atoms with Crippen molar-refractivity contribution in [3.8, 4) is 11.5 Å². The number of anilines is 3. The second-order valence-corrected chi connectivity index (χ2v) is 6.74. The zero-order valence-corrected chi connectivity index (χ0v) is 16.7. The number of benzene rings is 2. The van der Waals surface area contributed by atoms with Crippen molar-refractivity contribution >= 4 is 23.1 Å². The molecule has 0 saturated carbocycles. The molecule has 10 heteroatoms. The Morgan fingerprint density at radius 3 is 2.53 bits per heavy atom. The van der Waals surface area contributed by atoms with E-state index in [9.17, 15) is 4.79 Å². The summed E-state index contributed by atoms with van der Waals surface area (Å²) < 4.78 is 1.79. The molecule has 0 aliphatic heterocycles. The van der Waals surface area contributed by atoms with Crippen molar-refractivity contribution in [2.45, 2.75) is 0 Å². The van der Waals surface area contributed by atoms with Crippen LogP contribution in [0.25, 0.3) is 11.5 Å². The lowest BCUT2D eigenvalue weighted by Gasteiger charge is -2.08. The van der Waals surface area contributed by atoms with Gasteiger partial charge >= 0.3 is 0 Å². The van der Waals surface area contributed by atoms with Crippen LogP contribution >= 0.6 is 0 Å². The first kappa shape index (κ1) is 19.1. The van der Waals surface area contributed by atoms with Crippen LogP contribution in [0.15, 0.2) is 91.9 Å². The normalized spacial score (nSPS) is 10.6. The van der Waals surface area contributed by atoms with Gasteiger partial charge in [-0.05, 0) is 36.4 Å². The van der Waals surface area contributed by atoms with Crippen LogP contribution in [0, 0.1) is 0 Å². The van der Waals surface area contributed by atoms with Crippen LogP contribution in [0.1, 0.15) is 10.5 Å². The molecule has 0 spiro atoms. The van der Waals surface area contributed by atoms with Crippen LogP contribution in [-0.2, 0) is 0 Å². The Bertz CT molecular complexity index is 1330. The number of hydrogen-bond donors (Lipinski definition) is 2. The molecule has 32 heavy (non-hydrogen) atoms. The number of nitrogens with one attached hydrogen (secondary N) is 2. The second kappa shape index (κ2) is 8.48. The monoisotopic (exact) mass is 423 g/mol. The highest BCUT2D eigenvalue weighted by Gasteiger charge is 2.12. The molecule has 3 heterocycles. The van der Waals surface area contributed by atoms with Gasteiger partial charge in [0.05, 0.1) is 11.9 Å². The molecule has 0 saturated heterocycles. The van der Waals surface area contributed by atoms with Crippen molar-refractivity contribution in [1.82, 2.24) is 34.5 Å². The molecule has 3 aromatic heterocycles. The summed E-state index contributed by atoms with van der Waals surface area (Å²) in [4.78, 5) is 26.4. The second-order valence-electron chi connectivity index (χ2n) is 6.74. The molecular formula is C22H17N9O. The fraction of sp³-hybridized carbons (Fsp3) is 0. The van der Waals surface area contributed by atoms with Gasteiger partial charge in [0.1, 0.15) is 24.3 Å². The van der Waals surface area contributed by atoms with Crippen molar-refractivity contribution < 1.29 is 4.79 Å². The zero-order valence-electron chi connectivity index (χ0n) is 16.7. The van der Waals surface area contributed by atoms with E-state index in [1.807, 2.05) is 54.7 Å². The quantitative estimate of drug-likeness (QED) is 0.431. The number of aromatic nitrogens is 7. The van der Waals surface area contributed by atoms with Gasteiger partial charge in [0.15, 0.2) is 5.69 Å². The molecule has 2 aromatic carbocycles. The Morgan fingerprint density at radius 2 is 1.75 bits per heavy atom. The van der Waals surface area contributed by atoms with E-state index in [-0.39, 0.29) is 11.6 Å². The van der Waals surface area contributed by atoms with Gasteiger partial charge in [-0.25, -0.2) is 15.0 Å². The summed E-state index contributed by atoms with van der Waals surface area (Å²) in [7, 11) is 0. The fourth-order valence-corrected chi connectivity index (χ4v) is 2.98. The van der Waals surface area contributed by atoms with Gasteiger partial charge in [-0.2, -0.15) is 9.90 Å². The maximum absolute atomic E-state index is 12.5. The van der Waals surface area contributed by atoms with Crippen LogP contribution in [-0.4, -0.2) is 40.4 Å². The first-order chi connectivity index (χ1) is 15.7. The van der Waals surface area contributed by atoms with Gasteiger partial charge in [0, 0.05) is 29.8 Å². The van der Waals surface area contributed by atoms with E-state index < -0.39 is 0 Å². The van der Waals surface area contributed by atoms with Crippen LogP contribution in [0.2, 0.25) is 0 Å². The molecule has 156 valence electrons. The van der Waals surface area contributed by atoms with Crippen molar-refractivity contribution in [3.05, 3.63) is 97.6 Å². The number of para-hydroxylation sites is 1. The van der Waals surface area contributed by atoms with Crippen molar-refractivity contribution in [1.29, 1.82) is 0 Å². The largest absolute Gasteiger partial charge is 0.340 e. The van der Waals surface area contributed by atoms with Crippen molar-refractivity contribution in [2.75, 3.05) is 10.6 Å². The number of carbonyl (C=O) groups is 1. The molecule has 0 aliphatic rings. The summed E-state index contributed by atoms with van der Waals surface area (Å²) >= 11 is 0. The first-order valence-electron chi connectivity index (χ1n) is 9.71. The van der Waals surface area contributed by atoms with Crippen LogP contribution < -0.4 is 10.6 Å². The predicted octanol–water partition coefficient (Wildman–Crippen LogP) is 3.24. The summed E-state index contributed by atoms with van der Waals surface area (Å²) in [5, 5.41) is 14.4. The minimum atomic E-state index is -0.339. The molecule has 5 aromatic rings. The average molecular weight is 423 g/mol. The summed E-state index contributed by atoms with van der Waals surface area (Å²) in [6, 6.07) is 18.5. The van der Waals surface area contributed by atoms with Gasteiger partial charge < -0.3 is 10.6 Å². The number of nitrogens with zero attached hydrogens (tertiary/aromatic N) is 7.